The number of nitrogens with zero attached hydrogens (tertiary/aromatic N) is 3. The van der Waals surface area contributed by atoms with Gasteiger partial charge in [-0.25, -0.2) is 4.79 Å². The summed E-state index contributed by atoms with van der Waals surface area (Å²) in [7, 11) is 2.79. The number of urea groups is 1. The molecular formula is C38H37N7O8. The molecule has 1 aliphatic carbocycles. The van der Waals surface area contributed by atoms with E-state index >= 15 is 0 Å². The van der Waals surface area contributed by atoms with Crippen LogP contribution in [0, 0.1) is 12.8 Å². The van der Waals surface area contributed by atoms with Crippen LogP contribution in [0.3, 0.4) is 0 Å². The second-order valence-electron chi connectivity index (χ2n) is 14.2. The smallest absolute Gasteiger partial charge is 0.319 e. The van der Waals surface area contributed by atoms with Crippen molar-refractivity contribution in [3.8, 4) is 23.0 Å². The van der Waals surface area contributed by atoms with Crippen molar-refractivity contribution in [2.45, 2.75) is 39.0 Å². The minimum absolute atomic E-state index is 0.0688. The van der Waals surface area contributed by atoms with Gasteiger partial charge in [-0.1, -0.05) is 6.92 Å². The fourth-order valence-corrected chi connectivity index (χ4v) is 9.13. The lowest BCUT2D eigenvalue weighted by Gasteiger charge is -2.29. The molecule has 0 bridgehead atoms. The van der Waals surface area contributed by atoms with Crippen molar-refractivity contribution in [3.63, 3.8) is 0 Å². The molecule has 6 heterocycles. The third-order valence-electron chi connectivity index (χ3n) is 11.4. The van der Waals surface area contributed by atoms with Crippen LogP contribution in [0.25, 0.3) is 21.8 Å². The molecule has 1 fully saturated rings. The largest absolute Gasteiger partial charge is 0.503 e. The van der Waals surface area contributed by atoms with Gasteiger partial charge < -0.3 is 50.2 Å². The summed E-state index contributed by atoms with van der Waals surface area (Å²) in [6, 6.07) is 2.67. The van der Waals surface area contributed by atoms with Crippen molar-refractivity contribution in [1.29, 1.82) is 0 Å². The van der Waals surface area contributed by atoms with Gasteiger partial charge in [0.05, 0.1) is 42.3 Å². The molecule has 0 spiro atoms. The number of ether oxygens (including phenoxy) is 2. The minimum atomic E-state index is -0.709. The molecule has 0 saturated carbocycles. The highest BCUT2D eigenvalue weighted by Gasteiger charge is 2.45. The molecule has 4 aliphatic rings. The molecule has 5 aromatic rings. The highest BCUT2D eigenvalue weighted by molar-refractivity contribution is 6.15. The number of aromatic nitrogens is 3. The van der Waals surface area contributed by atoms with Crippen LogP contribution in [0.15, 0.2) is 30.1 Å². The quantitative estimate of drug-likeness (QED) is 0.153. The Morgan fingerprint density at radius 2 is 1.45 bits per heavy atom. The highest BCUT2D eigenvalue weighted by Crippen LogP contribution is 2.52. The number of phenols is 2. The van der Waals surface area contributed by atoms with Gasteiger partial charge >= 0.3 is 6.03 Å². The number of anilines is 2. The van der Waals surface area contributed by atoms with E-state index in [4.69, 9.17) is 15.2 Å². The molecule has 2 aromatic carbocycles. The zero-order chi connectivity index (χ0) is 37.2. The number of fused-ring (bicyclic) bond motifs is 9. The fourth-order valence-electron chi connectivity index (χ4n) is 9.13. The van der Waals surface area contributed by atoms with E-state index in [-0.39, 0.29) is 75.8 Å². The first-order chi connectivity index (χ1) is 25.4. The number of rotatable bonds is 4. The molecular weight excluding hydrogens is 682 g/mol. The number of nitrogens with one attached hydrogen (secondary N) is 3. The van der Waals surface area contributed by atoms with E-state index < -0.39 is 11.9 Å². The van der Waals surface area contributed by atoms with Gasteiger partial charge in [0.2, 0.25) is 5.78 Å². The number of aryl methyl sites for hydroxylation is 2. The zero-order valence-electron chi connectivity index (χ0n) is 29.5. The predicted octanol–water partition coefficient (Wildman–Crippen LogP) is 4.70. The Morgan fingerprint density at radius 1 is 0.868 bits per heavy atom. The average molecular weight is 720 g/mol. The van der Waals surface area contributed by atoms with Gasteiger partial charge in [-0.2, -0.15) is 0 Å². The molecule has 272 valence electrons. The van der Waals surface area contributed by atoms with Crippen molar-refractivity contribution in [2.75, 3.05) is 43.7 Å². The summed E-state index contributed by atoms with van der Waals surface area (Å²) in [5, 5.41) is 24.1. The van der Waals surface area contributed by atoms with Crippen LogP contribution in [0.5, 0.6) is 23.0 Å². The van der Waals surface area contributed by atoms with Crippen LogP contribution in [0.2, 0.25) is 0 Å². The Balaban J connectivity index is 1.10. The van der Waals surface area contributed by atoms with E-state index in [2.05, 4.69) is 21.9 Å². The van der Waals surface area contributed by atoms with Crippen LogP contribution < -0.4 is 25.0 Å². The lowest BCUT2D eigenvalue weighted by molar-refractivity contribution is 0.0813. The molecule has 9 rings (SSSR count). The minimum Gasteiger partial charge on any atom is -0.503 e. The maximum absolute atomic E-state index is 14.3. The Hall–Kier alpha value is -6.38. The van der Waals surface area contributed by atoms with Crippen LogP contribution in [-0.2, 0) is 12.8 Å². The van der Waals surface area contributed by atoms with E-state index in [1.165, 1.54) is 24.0 Å². The fraction of sp³-hybridized carbons (Fsp3) is 0.316. The number of carbonyl (C=O) groups excluding carboxylic acids is 4. The summed E-state index contributed by atoms with van der Waals surface area (Å²) in [5.74, 6) is -1.34. The number of carbonyl (C=O) groups is 4. The number of aromatic hydroxyl groups is 2. The van der Waals surface area contributed by atoms with E-state index in [0.29, 0.717) is 76.7 Å². The molecule has 0 radical (unpaired) electrons. The number of allylic oxidation sites excluding steroid dienone is 2. The molecule has 7 N–H and O–H groups in total. The van der Waals surface area contributed by atoms with Gasteiger partial charge in [-0.15, -0.1) is 0 Å². The number of aromatic amines is 3. The normalized spacial score (nSPS) is 19.0. The highest BCUT2D eigenvalue weighted by atomic mass is 16.5. The lowest BCUT2D eigenvalue weighted by atomic mass is 9.82. The number of amides is 4. The number of benzene rings is 2. The Bertz CT molecular complexity index is 2520. The first-order valence-corrected chi connectivity index (χ1v) is 17.5. The van der Waals surface area contributed by atoms with Crippen molar-refractivity contribution in [1.82, 2.24) is 19.9 Å². The average Bonchev–Trinajstić information content (AvgIpc) is 3.98. The summed E-state index contributed by atoms with van der Waals surface area (Å²) in [4.78, 5) is 67.7. The Labute approximate surface area is 301 Å². The van der Waals surface area contributed by atoms with Gasteiger partial charge in [0, 0.05) is 54.3 Å². The number of phenolic OH excluding ortho intramolecular Hbond substituents is 2. The van der Waals surface area contributed by atoms with Crippen molar-refractivity contribution in [2.24, 2.45) is 11.7 Å². The van der Waals surface area contributed by atoms with Gasteiger partial charge in [0.25, 0.3) is 11.8 Å². The summed E-state index contributed by atoms with van der Waals surface area (Å²) in [6.45, 7) is 5.00. The predicted molar refractivity (Wildman–Crippen MR) is 195 cm³/mol. The topological polar surface area (TPSA) is 210 Å². The summed E-state index contributed by atoms with van der Waals surface area (Å²) < 4.78 is 11.2. The van der Waals surface area contributed by atoms with Crippen LogP contribution >= 0.6 is 0 Å². The number of nitrogens with two attached hydrogens (primary N) is 1. The summed E-state index contributed by atoms with van der Waals surface area (Å²) >= 11 is 0. The van der Waals surface area contributed by atoms with Crippen molar-refractivity contribution < 1.29 is 38.9 Å². The number of likely N-dealkylation sites (tertiary alicyclic amines) is 1. The standard InChI is InChI=1S/C38H37N7O8/c1-15-13-40-29-24(46)12-23-25(26(15)29)16(2)14-45(23)37(50)22-11-20-18-7-9-43(30(18)32(47)34(52-3)28(20)42-22)36(49)21-10-19-17-6-5-8-44(38(39)51)31(17)33(48)35(53-4)27(19)41-21/h10-13,16,25,40-42,47-48H,5-9,14H2,1-4H3,(H2,39,51)/t16-,25?/m1/s1. The first kappa shape index (κ1) is 32.5. The van der Waals surface area contributed by atoms with Crippen LogP contribution in [0.1, 0.15) is 73.0 Å². The number of hydrogen-bond acceptors (Lipinski definition) is 8. The number of hydrogen-bond donors (Lipinski definition) is 6. The molecule has 4 amide bonds. The van der Waals surface area contributed by atoms with E-state index in [9.17, 15) is 29.4 Å². The molecule has 15 nitrogen and oxygen atoms in total. The Kier molecular flexibility index (Phi) is 6.94. The SMILES string of the molecule is COc1c(O)c2c(c3cc(C(=O)N4CCc5c4c(O)c(OC)c4[nH]c(C(=O)N6C[C@@H](C)C7C6=CC(=O)c6[nH]cc(C)c67)cc54)[nH]c13)CCCN2C(N)=O. The summed E-state index contributed by atoms with van der Waals surface area (Å²) in [6.07, 6.45) is 4.90. The maximum Gasteiger partial charge on any atom is 0.319 e. The molecule has 1 saturated heterocycles. The monoisotopic (exact) mass is 719 g/mol. The maximum atomic E-state index is 14.3. The van der Waals surface area contributed by atoms with Crippen molar-refractivity contribution >= 4 is 56.8 Å². The second kappa shape index (κ2) is 11.3. The zero-order valence-corrected chi connectivity index (χ0v) is 29.5. The second-order valence-corrected chi connectivity index (χ2v) is 14.2. The van der Waals surface area contributed by atoms with E-state index in [1.54, 1.807) is 23.1 Å². The van der Waals surface area contributed by atoms with E-state index in [1.807, 2.05) is 13.1 Å². The molecule has 15 heteroatoms. The summed E-state index contributed by atoms with van der Waals surface area (Å²) in [5.41, 5.74) is 11.8. The van der Waals surface area contributed by atoms with Gasteiger partial charge in [0.15, 0.2) is 23.0 Å². The number of ketones is 1. The molecule has 53 heavy (non-hydrogen) atoms. The third-order valence-corrected chi connectivity index (χ3v) is 11.4. The van der Waals surface area contributed by atoms with Gasteiger partial charge in [-0.05, 0) is 66.5 Å². The van der Waals surface area contributed by atoms with Crippen LogP contribution in [-0.4, -0.2) is 87.5 Å². The number of H-pyrrole nitrogens is 3. The number of methoxy groups -OCH3 is 2. The Morgan fingerprint density at radius 3 is 2.06 bits per heavy atom. The first-order valence-electron chi connectivity index (χ1n) is 17.5. The molecule has 3 aromatic heterocycles. The molecule has 1 unspecified atom stereocenters. The van der Waals surface area contributed by atoms with Crippen molar-refractivity contribution in [3.05, 3.63) is 69.4 Å². The lowest BCUT2D eigenvalue weighted by Crippen LogP contribution is -2.39. The van der Waals surface area contributed by atoms with E-state index in [0.717, 1.165) is 11.1 Å². The van der Waals surface area contributed by atoms with Gasteiger partial charge in [0.1, 0.15) is 11.4 Å². The third kappa shape index (κ3) is 4.33. The molecule has 2 atom stereocenters. The molecule has 3 aliphatic heterocycles. The number of primary amides is 1. The van der Waals surface area contributed by atoms with Crippen LogP contribution in [0.4, 0.5) is 16.2 Å². The van der Waals surface area contributed by atoms with Gasteiger partial charge in [-0.3, -0.25) is 19.3 Å².